The van der Waals surface area contributed by atoms with Gasteiger partial charge in [0.25, 0.3) is 0 Å². The summed E-state index contributed by atoms with van der Waals surface area (Å²) in [6.45, 7) is 0. The molecule has 1 aliphatic carbocycles. The van der Waals surface area contributed by atoms with E-state index in [1.165, 1.54) is 24.3 Å². The Kier molecular flexibility index (Phi) is 5.77. The van der Waals surface area contributed by atoms with E-state index in [9.17, 15) is 26.0 Å². The van der Waals surface area contributed by atoms with Crippen molar-refractivity contribution in [3.8, 4) is 0 Å². The molecule has 2 aromatic rings. The predicted molar refractivity (Wildman–Crippen MR) is 103 cm³/mol. The third-order valence-corrected chi connectivity index (χ3v) is 7.88. The van der Waals surface area contributed by atoms with Gasteiger partial charge in [0, 0.05) is 13.1 Å². The minimum atomic E-state index is -4.22. The van der Waals surface area contributed by atoms with E-state index in [2.05, 4.69) is 4.72 Å². The summed E-state index contributed by atoms with van der Waals surface area (Å²) in [5.74, 6) is -1.62. The van der Waals surface area contributed by atoms with E-state index >= 15 is 0 Å². The first-order chi connectivity index (χ1) is 13.5. The number of carbonyl (C=O) groups excluding carboxylic acids is 1. The van der Waals surface area contributed by atoms with Gasteiger partial charge in [-0.15, -0.1) is 0 Å². The Morgan fingerprint density at radius 1 is 1.10 bits per heavy atom. The number of benzene rings is 2. The van der Waals surface area contributed by atoms with Gasteiger partial charge in [0.2, 0.25) is 26.0 Å². The number of carbonyl (C=O) groups is 1. The Labute approximate surface area is 168 Å². The molecule has 1 saturated carbocycles. The van der Waals surface area contributed by atoms with Crippen molar-refractivity contribution in [3.63, 3.8) is 0 Å². The van der Waals surface area contributed by atoms with Crippen LogP contribution < -0.4 is 10.5 Å². The quantitative estimate of drug-likeness (QED) is 0.635. The second-order valence-electron chi connectivity index (χ2n) is 6.75. The van der Waals surface area contributed by atoms with Gasteiger partial charge in [-0.1, -0.05) is 12.1 Å². The molecule has 3 N–H and O–H groups in total. The van der Waals surface area contributed by atoms with Crippen LogP contribution in [-0.2, 0) is 24.8 Å². The number of halogens is 1. The summed E-state index contributed by atoms with van der Waals surface area (Å²) in [4.78, 5) is 11.6. The van der Waals surface area contributed by atoms with Crippen LogP contribution in [0.2, 0.25) is 0 Å². The molecule has 0 saturated heterocycles. The molecule has 8 nitrogen and oxygen atoms in total. The number of amides is 1. The topological polar surface area (TPSA) is 127 Å². The summed E-state index contributed by atoms with van der Waals surface area (Å²) in [5, 5.41) is 0. The third kappa shape index (κ3) is 4.64. The molecule has 0 heterocycles. The number of hydrogen-bond donors (Lipinski definition) is 2. The summed E-state index contributed by atoms with van der Waals surface area (Å²) >= 11 is 0. The molecule has 2 aromatic carbocycles. The van der Waals surface area contributed by atoms with E-state index < -0.39 is 37.8 Å². The fraction of sp³-hybridized carbons (Fsp3) is 0.278. The Morgan fingerprint density at radius 3 is 2.21 bits per heavy atom. The lowest BCUT2D eigenvalue weighted by molar-refractivity contribution is -0.121. The van der Waals surface area contributed by atoms with Crippen molar-refractivity contribution < 1.29 is 26.0 Å². The highest BCUT2D eigenvalue weighted by molar-refractivity contribution is 7.89. The molecule has 11 heteroatoms. The number of likely N-dealkylation sites (N-methyl/N-ethyl adjacent to an activating group) is 1. The summed E-state index contributed by atoms with van der Waals surface area (Å²) in [6.07, 6.45) is 1.54. The van der Waals surface area contributed by atoms with Crippen molar-refractivity contribution in [2.75, 3.05) is 7.05 Å². The van der Waals surface area contributed by atoms with Crippen molar-refractivity contribution in [3.05, 3.63) is 59.9 Å². The zero-order chi connectivity index (χ0) is 21.4. The van der Waals surface area contributed by atoms with Crippen LogP contribution in [0.25, 0.3) is 0 Å². The van der Waals surface area contributed by atoms with E-state index in [1.54, 1.807) is 0 Å². The molecule has 1 fully saturated rings. The molecule has 0 bridgehead atoms. The first-order valence-corrected chi connectivity index (χ1v) is 11.6. The lowest BCUT2D eigenvalue weighted by atomic mass is 10.1. The highest BCUT2D eigenvalue weighted by Crippen LogP contribution is 2.28. The van der Waals surface area contributed by atoms with E-state index in [0.29, 0.717) is 0 Å². The molecular weight excluding hydrogens is 421 g/mol. The van der Waals surface area contributed by atoms with Crippen molar-refractivity contribution in [2.24, 2.45) is 5.73 Å². The van der Waals surface area contributed by atoms with Crippen LogP contribution in [0.5, 0.6) is 0 Å². The molecule has 156 valence electrons. The maximum Gasteiger partial charge on any atom is 0.243 e. The number of nitrogens with two attached hydrogens (primary N) is 1. The van der Waals surface area contributed by atoms with Gasteiger partial charge < -0.3 is 5.73 Å². The van der Waals surface area contributed by atoms with Gasteiger partial charge in [-0.3, -0.25) is 4.79 Å². The number of rotatable bonds is 8. The maximum atomic E-state index is 13.5. The minimum absolute atomic E-state index is 0.0671. The first-order valence-electron chi connectivity index (χ1n) is 8.67. The largest absolute Gasteiger partial charge is 0.368 e. The van der Waals surface area contributed by atoms with Gasteiger partial charge >= 0.3 is 0 Å². The number of nitrogens with zero attached hydrogens (tertiary/aromatic N) is 1. The van der Waals surface area contributed by atoms with Crippen LogP contribution >= 0.6 is 0 Å². The monoisotopic (exact) mass is 441 g/mol. The molecule has 1 atom stereocenters. The molecule has 0 aromatic heterocycles. The van der Waals surface area contributed by atoms with E-state index in [1.807, 2.05) is 0 Å². The molecule has 3 rings (SSSR count). The molecule has 0 spiro atoms. The first kappa shape index (κ1) is 21.4. The van der Waals surface area contributed by atoms with Crippen molar-refractivity contribution >= 4 is 26.0 Å². The van der Waals surface area contributed by atoms with E-state index in [0.717, 1.165) is 48.5 Å². The van der Waals surface area contributed by atoms with Gasteiger partial charge in [0.1, 0.15) is 11.9 Å². The standard InChI is InChI=1S/C18H20FN3O5S2/c1-22(17(18(20)23)12-3-2-4-13(19)11-12)29(26,27)16-9-7-15(8-10-16)28(24,25)21-14-5-6-14/h2-4,7-11,14,17,21H,5-6H2,1H3,(H2,20,23). The zero-order valence-electron chi connectivity index (χ0n) is 15.4. The molecular formula is C18H20FN3O5S2. The summed E-state index contributed by atoms with van der Waals surface area (Å²) in [5.41, 5.74) is 5.45. The Bertz CT molecular complexity index is 1130. The van der Waals surface area contributed by atoms with E-state index in [4.69, 9.17) is 5.73 Å². The van der Waals surface area contributed by atoms with Gasteiger partial charge in [0.05, 0.1) is 9.79 Å². The van der Waals surface area contributed by atoms with Crippen LogP contribution in [0.1, 0.15) is 24.4 Å². The van der Waals surface area contributed by atoms with Crippen LogP contribution in [0.4, 0.5) is 4.39 Å². The van der Waals surface area contributed by atoms with Gasteiger partial charge in [-0.05, 0) is 54.8 Å². The molecule has 0 radical (unpaired) electrons. The van der Waals surface area contributed by atoms with Crippen LogP contribution in [0.15, 0.2) is 58.3 Å². The fourth-order valence-corrected chi connectivity index (χ4v) is 5.44. The highest BCUT2D eigenvalue weighted by atomic mass is 32.2. The van der Waals surface area contributed by atoms with Gasteiger partial charge in [0.15, 0.2) is 0 Å². The second kappa shape index (κ2) is 7.82. The molecule has 1 amide bonds. The highest BCUT2D eigenvalue weighted by Gasteiger charge is 2.34. The van der Waals surface area contributed by atoms with Crippen molar-refractivity contribution in [1.82, 2.24) is 9.03 Å². The van der Waals surface area contributed by atoms with Gasteiger partial charge in [-0.25, -0.2) is 25.9 Å². The third-order valence-electron chi connectivity index (χ3n) is 4.51. The molecule has 1 aliphatic rings. The second-order valence-corrected chi connectivity index (χ2v) is 10.5. The predicted octanol–water partition coefficient (Wildman–Crippen LogP) is 1.11. The number of hydrogen-bond acceptors (Lipinski definition) is 5. The normalized spacial score (nSPS) is 16.0. The average Bonchev–Trinajstić information content (AvgIpc) is 3.45. The number of sulfonamides is 2. The van der Waals surface area contributed by atoms with Crippen LogP contribution in [0.3, 0.4) is 0 Å². The Hall–Kier alpha value is -2.34. The zero-order valence-corrected chi connectivity index (χ0v) is 17.1. The SMILES string of the molecule is CN(C(C(N)=O)c1cccc(F)c1)S(=O)(=O)c1ccc(S(=O)(=O)NC2CC2)cc1. The summed E-state index contributed by atoms with van der Waals surface area (Å²) < 4.78 is 67.1. The van der Waals surface area contributed by atoms with E-state index in [-0.39, 0.29) is 21.4 Å². The van der Waals surface area contributed by atoms with Crippen LogP contribution in [0, 0.1) is 5.82 Å². The summed E-state index contributed by atoms with van der Waals surface area (Å²) in [7, 11) is -6.81. The lowest BCUT2D eigenvalue weighted by Crippen LogP contribution is -2.39. The Balaban J connectivity index is 1.91. The smallest absolute Gasteiger partial charge is 0.243 e. The summed E-state index contributed by atoms with van der Waals surface area (Å²) in [6, 6.07) is 8.02. The molecule has 29 heavy (non-hydrogen) atoms. The van der Waals surface area contributed by atoms with Crippen molar-refractivity contribution in [2.45, 2.75) is 34.7 Å². The van der Waals surface area contributed by atoms with Crippen LogP contribution in [-0.4, -0.2) is 40.1 Å². The Morgan fingerprint density at radius 2 is 1.69 bits per heavy atom. The van der Waals surface area contributed by atoms with Crippen molar-refractivity contribution in [1.29, 1.82) is 0 Å². The maximum absolute atomic E-state index is 13.5. The fourth-order valence-electron chi connectivity index (χ4n) is 2.81. The molecule has 1 unspecified atom stereocenters. The number of nitrogens with one attached hydrogen (secondary N) is 1. The average molecular weight is 442 g/mol. The number of primary amides is 1. The van der Waals surface area contributed by atoms with Gasteiger partial charge in [-0.2, -0.15) is 4.31 Å². The molecule has 0 aliphatic heterocycles. The lowest BCUT2D eigenvalue weighted by Gasteiger charge is -2.25. The minimum Gasteiger partial charge on any atom is -0.368 e.